The predicted octanol–water partition coefficient (Wildman–Crippen LogP) is 2.26. The first-order valence-electron chi connectivity index (χ1n) is 11.8. The molecule has 1 aromatic rings. The zero-order chi connectivity index (χ0) is 27.1. The van der Waals surface area contributed by atoms with Gasteiger partial charge in [0.05, 0.1) is 19.3 Å². The van der Waals surface area contributed by atoms with Gasteiger partial charge in [0.2, 0.25) is 11.8 Å². The van der Waals surface area contributed by atoms with Gasteiger partial charge in [0.1, 0.15) is 12.1 Å². The van der Waals surface area contributed by atoms with Crippen molar-refractivity contribution >= 4 is 31.4 Å². The quantitative estimate of drug-likeness (QED) is 0.293. The summed E-state index contributed by atoms with van der Waals surface area (Å²) in [4.78, 5) is 54.1. The van der Waals surface area contributed by atoms with Crippen LogP contribution in [-0.2, 0) is 29.3 Å². The summed E-state index contributed by atoms with van der Waals surface area (Å²) in [7, 11) is 5.80. The first-order chi connectivity index (χ1) is 16.1. The molecule has 1 N–H and O–H groups in total. The van der Waals surface area contributed by atoms with Crippen molar-refractivity contribution in [2.24, 2.45) is 11.3 Å². The maximum atomic E-state index is 13.8. The number of esters is 1. The summed E-state index contributed by atoms with van der Waals surface area (Å²) >= 11 is 0. The molecule has 3 atom stereocenters. The third kappa shape index (κ3) is 7.40. The number of hydrogen-bond acceptors (Lipinski definition) is 6. The third-order valence-corrected chi connectivity index (χ3v) is 6.39. The van der Waals surface area contributed by atoms with Crippen LogP contribution in [0.15, 0.2) is 30.3 Å². The number of likely N-dealkylation sites (N-methyl/N-ethyl adjacent to an activating group) is 2. The minimum atomic E-state index is -0.926. The Balaban J connectivity index is 3.42. The molecule has 2 amide bonds. The highest BCUT2D eigenvalue weighted by Gasteiger charge is 2.44. The van der Waals surface area contributed by atoms with E-state index in [0.717, 1.165) is 5.56 Å². The predicted molar refractivity (Wildman–Crippen MR) is 138 cm³/mol. The Hall–Kier alpha value is -2.68. The van der Waals surface area contributed by atoms with Crippen molar-refractivity contribution in [3.63, 3.8) is 0 Å². The molecule has 0 heterocycles. The largest absolute Gasteiger partial charge is 0.467 e. The summed E-state index contributed by atoms with van der Waals surface area (Å²) in [5.41, 5.74) is -0.455. The topological polar surface area (TPSA) is 96.0 Å². The number of carbonyl (C=O) groups is 4. The van der Waals surface area contributed by atoms with Crippen molar-refractivity contribution in [3.8, 4) is 0 Å². The summed E-state index contributed by atoms with van der Waals surface area (Å²) in [6.07, 6.45) is 0.630. The van der Waals surface area contributed by atoms with Crippen LogP contribution in [0.2, 0.25) is 0 Å². The van der Waals surface area contributed by atoms with Gasteiger partial charge < -0.3 is 24.6 Å². The van der Waals surface area contributed by atoms with Crippen LogP contribution in [0.4, 0.5) is 0 Å². The summed E-state index contributed by atoms with van der Waals surface area (Å²) in [5, 5.41) is 2.94. The van der Waals surface area contributed by atoms with E-state index in [0.29, 0.717) is 6.19 Å². The number of rotatable bonds is 11. The molecule has 0 aromatic heterocycles. The maximum Gasteiger partial charge on any atom is 0.328 e. The van der Waals surface area contributed by atoms with Crippen LogP contribution in [0.3, 0.4) is 0 Å². The highest BCUT2D eigenvalue weighted by molar-refractivity contribution is 6.64. The maximum absolute atomic E-state index is 13.8. The smallest absolute Gasteiger partial charge is 0.328 e. The fourth-order valence-electron chi connectivity index (χ4n) is 4.44. The minimum Gasteiger partial charge on any atom is -0.467 e. The number of nitrogens with one attached hydrogen (secondary N) is 1. The molecule has 1 aromatic carbocycles. The first-order valence-corrected chi connectivity index (χ1v) is 11.8. The van der Waals surface area contributed by atoms with Gasteiger partial charge in [0.15, 0.2) is 0 Å². The van der Waals surface area contributed by atoms with E-state index < -0.39 is 46.7 Å². The summed E-state index contributed by atoms with van der Waals surface area (Å²) < 4.78 is 4.92. The Kier molecular flexibility index (Phi) is 10.7. The molecule has 35 heavy (non-hydrogen) atoms. The molecular formula is C26H41BN3O5. The van der Waals surface area contributed by atoms with Crippen LogP contribution >= 0.6 is 0 Å². The highest BCUT2D eigenvalue weighted by atomic mass is 16.5. The van der Waals surface area contributed by atoms with Gasteiger partial charge >= 0.3 is 5.97 Å². The van der Waals surface area contributed by atoms with E-state index in [-0.39, 0.29) is 5.92 Å². The van der Waals surface area contributed by atoms with Crippen LogP contribution in [-0.4, -0.2) is 80.4 Å². The second-order valence-electron chi connectivity index (χ2n) is 10.9. The molecule has 0 aliphatic rings. The molecule has 0 spiro atoms. The molecule has 9 heteroatoms. The minimum absolute atomic E-state index is 0.189. The van der Waals surface area contributed by atoms with Crippen LogP contribution in [0, 0.1) is 11.3 Å². The molecule has 0 saturated carbocycles. The third-order valence-electron chi connectivity index (χ3n) is 6.39. The summed E-state index contributed by atoms with van der Waals surface area (Å²) in [6.45, 7) is 13.1. The molecule has 193 valence electrons. The van der Waals surface area contributed by atoms with Crippen molar-refractivity contribution in [1.82, 2.24) is 15.0 Å². The van der Waals surface area contributed by atoms with E-state index >= 15 is 0 Å². The van der Waals surface area contributed by atoms with E-state index in [1.807, 2.05) is 78.8 Å². The van der Waals surface area contributed by atoms with Gasteiger partial charge in [-0.2, -0.15) is 0 Å². The van der Waals surface area contributed by atoms with Gasteiger partial charge in [-0.25, -0.2) is 4.79 Å². The van der Waals surface area contributed by atoms with Gasteiger partial charge in [0, 0.05) is 12.5 Å². The van der Waals surface area contributed by atoms with Gasteiger partial charge in [-0.15, -0.1) is 0 Å². The number of amides is 2. The molecular weight excluding hydrogens is 445 g/mol. The molecule has 0 fully saturated rings. The lowest BCUT2D eigenvalue weighted by molar-refractivity contribution is -0.155. The Morgan fingerprint density at radius 1 is 1.03 bits per heavy atom. The number of hydrogen-bond donors (Lipinski definition) is 1. The highest BCUT2D eigenvalue weighted by Crippen LogP contribution is 2.31. The number of benzene rings is 1. The standard InChI is InChI=1S/C26H41BN3O5/c1-17(2)19(24(34)35-10)29(8)23(33)20(25(3,4)5)28-22(32)21(30(9)27-16-31)26(6,7)18-14-12-11-13-15-18/h11-17,19-21H,1-10H3,(H,28,32)/t19-,20+,21-/m0/s1. The Morgan fingerprint density at radius 3 is 2.00 bits per heavy atom. The van der Waals surface area contributed by atoms with Gasteiger partial charge in [0.25, 0.3) is 7.41 Å². The average Bonchev–Trinajstić information content (AvgIpc) is 2.76. The monoisotopic (exact) mass is 486 g/mol. The van der Waals surface area contributed by atoms with Crippen molar-refractivity contribution < 1.29 is 23.9 Å². The van der Waals surface area contributed by atoms with E-state index in [2.05, 4.69) is 5.32 Å². The van der Waals surface area contributed by atoms with Crippen LogP contribution in [0.25, 0.3) is 0 Å². The summed E-state index contributed by atoms with van der Waals surface area (Å²) in [6, 6.07) is 7.03. The zero-order valence-corrected chi connectivity index (χ0v) is 22.8. The van der Waals surface area contributed by atoms with E-state index in [9.17, 15) is 19.2 Å². The second-order valence-corrected chi connectivity index (χ2v) is 10.9. The zero-order valence-electron chi connectivity index (χ0n) is 22.8. The fraction of sp³-hybridized carbons (Fsp3) is 0.615. The van der Waals surface area contributed by atoms with Gasteiger partial charge in [-0.1, -0.05) is 78.8 Å². The Morgan fingerprint density at radius 2 is 1.57 bits per heavy atom. The normalized spacial score (nSPS) is 14.6. The number of carbonyl (C=O) groups excluding carboxylic acids is 4. The summed E-state index contributed by atoms with van der Waals surface area (Å²) in [5.74, 6) is -1.50. The number of nitrogens with zero attached hydrogens (tertiary/aromatic N) is 2. The molecule has 0 bridgehead atoms. The van der Waals surface area contributed by atoms with Gasteiger partial charge in [-0.3, -0.25) is 9.59 Å². The van der Waals surface area contributed by atoms with E-state index in [1.165, 1.54) is 19.4 Å². The van der Waals surface area contributed by atoms with Crippen molar-refractivity contribution in [1.29, 1.82) is 0 Å². The SMILES string of the molecule is COC(=O)[C@H](C(C)C)N(C)C(=O)[C@@H](NC(=O)[C@H](N(C)[B]C=O)C(C)(C)c1ccccc1)C(C)(C)C. The fourth-order valence-corrected chi connectivity index (χ4v) is 4.44. The van der Waals surface area contributed by atoms with Crippen molar-refractivity contribution in [2.45, 2.75) is 72.0 Å². The molecule has 8 nitrogen and oxygen atoms in total. The van der Waals surface area contributed by atoms with Crippen molar-refractivity contribution in [2.75, 3.05) is 21.2 Å². The lowest BCUT2D eigenvalue weighted by Gasteiger charge is -2.42. The van der Waals surface area contributed by atoms with Crippen molar-refractivity contribution in [3.05, 3.63) is 35.9 Å². The molecule has 0 aliphatic carbocycles. The molecule has 0 aliphatic heterocycles. The van der Waals surface area contributed by atoms with Crippen LogP contribution in [0.1, 0.15) is 54.0 Å². The van der Waals surface area contributed by atoms with Gasteiger partial charge in [-0.05, 0) is 23.9 Å². The number of methoxy groups -OCH3 is 1. The second kappa shape index (κ2) is 12.3. The molecule has 0 unspecified atom stereocenters. The molecule has 1 rings (SSSR count). The lowest BCUT2D eigenvalue weighted by Crippen LogP contribution is -2.63. The molecule has 1 radical (unpaired) electrons. The number of ether oxygens (including phenoxy) is 1. The molecule has 0 saturated heterocycles. The van der Waals surface area contributed by atoms with E-state index in [4.69, 9.17) is 4.74 Å². The van der Waals surface area contributed by atoms with E-state index in [1.54, 1.807) is 18.9 Å². The van der Waals surface area contributed by atoms with Crippen LogP contribution in [0.5, 0.6) is 0 Å². The van der Waals surface area contributed by atoms with Crippen LogP contribution < -0.4 is 5.32 Å². The first kappa shape index (κ1) is 30.4. The lowest BCUT2D eigenvalue weighted by atomic mass is 9.73. The Bertz CT molecular complexity index is 883. The Labute approximate surface area is 211 Å². The average molecular weight is 486 g/mol.